The second-order valence-corrected chi connectivity index (χ2v) is 3.60. The van der Waals surface area contributed by atoms with Gasteiger partial charge in [-0.3, -0.25) is 0 Å². The maximum atomic E-state index is 8.72. The van der Waals surface area contributed by atoms with Gasteiger partial charge >= 0.3 is 0 Å². The summed E-state index contributed by atoms with van der Waals surface area (Å²) in [6.45, 7) is 2.15. The monoisotopic (exact) mass is 160 g/mol. The molecule has 2 nitrogen and oxygen atoms in total. The van der Waals surface area contributed by atoms with Crippen molar-refractivity contribution in [2.24, 2.45) is 5.92 Å². The highest BCUT2D eigenvalue weighted by molar-refractivity contribution is 5.29. The van der Waals surface area contributed by atoms with Crippen LogP contribution in [0.2, 0.25) is 0 Å². The highest BCUT2D eigenvalue weighted by Crippen LogP contribution is 2.32. The summed E-state index contributed by atoms with van der Waals surface area (Å²) in [6.07, 6.45) is 6.35. The Kier molecular flexibility index (Phi) is 1.65. The summed E-state index contributed by atoms with van der Waals surface area (Å²) in [5, 5.41) is 11.9. The molecule has 0 aromatic heterocycles. The van der Waals surface area contributed by atoms with Gasteiger partial charge in [0.15, 0.2) is 0 Å². The lowest BCUT2D eigenvalue weighted by Crippen LogP contribution is -2.17. The Bertz CT molecular complexity index is 293. The van der Waals surface area contributed by atoms with Gasteiger partial charge in [0.2, 0.25) is 0 Å². The van der Waals surface area contributed by atoms with Gasteiger partial charge in [0.25, 0.3) is 0 Å². The average molecular weight is 160 g/mol. The second-order valence-electron chi connectivity index (χ2n) is 3.60. The maximum absolute atomic E-state index is 8.72. The maximum Gasteiger partial charge on any atom is 0.114 e. The van der Waals surface area contributed by atoms with Crippen molar-refractivity contribution in [3.8, 4) is 6.07 Å². The van der Waals surface area contributed by atoms with E-state index >= 15 is 0 Å². The smallest absolute Gasteiger partial charge is 0.114 e. The fourth-order valence-corrected chi connectivity index (χ4v) is 1.94. The lowest BCUT2D eigenvalue weighted by Gasteiger charge is -2.14. The third-order valence-electron chi connectivity index (χ3n) is 2.57. The van der Waals surface area contributed by atoms with Gasteiger partial charge in [0.1, 0.15) is 6.04 Å². The summed E-state index contributed by atoms with van der Waals surface area (Å²) in [7, 11) is 0. The van der Waals surface area contributed by atoms with E-state index in [1.54, 1.807) is 0 Å². The predicted octanol–water partition coefficient (Wildman–Crippen LogP) is 1.72. The van der Waals surface area contributed by atoms with E-state index in [9.17, 15) is 0 Å². The van der Waals surface area contributed by atoms with Gasteiger partial charge in [-0.05, 0) is 25.8 Å². The molecule has 1 N–H and O–H groups in total. The van der Waals surface area contributed by atoms with Crippen LogP contribution >= 0.6 is 0 Å². The number of nitrogens with zero attached hydrogens (tertiary/aromatic N) is 1. The molecule has 0 spiro atoms. The number of allylic oxidation sites excluding steroid dienone is 4. The van der Waals surface area contributed by atoms with Crippen LogP contribution in [0.25, 0.3) is 0 Å². The SMILES string of the molecule is CC1=CC=C2NC(C#N)C[C@@H]2C1. The minimum Gasteiger partial charge on any atom is -0.373 e. The molecule has 0 bridgehead atoms. The second kappa shape index (κ2) is 2.67. The van der Waals surface area contributed by atoms with Crippen LogP contribution in [0.15, 0.2) is 23.4 Å². The number of nitrogens with one attached hydrogen (secondary N) is 1. The molecule has 0 saturated carbocycles. The van der Waals surface area contributed by atoms with Crippen molar-refractivity contribution < 1.29 is 0 Å². The lowest BCUT2D eigenvalue weighted by atomic mass is 9.91. The molecule has 1 unspecified atom stereocenters. The quantitative estimate of drug-likeness (QED) is 0.585. The fourth-order valence-electron chi connectivity index (χ4n) is 1.94. The Labute approximate surface area is 72.6 Å². The lowest BCUT2D eigenvalue weighted by molar-refractivity contribution is 0.606. The Balaban J connectivity index is 2.16. The van der Waals surface area contributed by atoms with E-state index in [0.717, 1.165) is 12.8 Å². The van der Waals surface area contributed by atoms with Gasteiger partial charge in [-0.15, -0.1) is 0 Å². The zero-order chi connectivity index (χ0) is 8.55. The summed E-state index contributed by atoms with van der Waals surface area (Å²) in [5.41, 5.74) is 2.68. The van der Waals surface area contributed by atoms with Crippen molar-refractivity contribution in [1.82, 2.24) is 5.32 Å². The normalized spacial score (nSPS) is 32.7. The molecule has 1 saturated heterocycles. The van der Waals surface area contributed by atoms with Crippen molar-refractivity contribution >= 4 is 0 Å². The molecule has 2 atom stereocenters. The van der Waals surface area contributed by atoms with E-state index < -0.39 is 0 Å². The van der Waals surface area contributed by atoms with E-state index in [2.05, 4.69) is 30.5 Å². The Hall–Kier alpha value is -1.23. The van der Waals surface area contributed by atoms with Crippen LogP contribution in [0.1, 0.15) is 19.8 Å². The standard InChI is InChI=1S/C10H12N2/c1-7-2-3-10-8(4-7)5-9(6-11)12-10/h2-3,8-9,12H,4-5H2,1H3/t8-,9?/m0/s1. The molecule has 1 heterocycles. The van der Waals surface area contributed by atoms with E-state index in [1.165, 1.54) is 11.3 Å². The van der Waals surface area contributed by atoms with Crippen LogP contribution in [0.4, 0.5) is 0 Å². The van der Waals surface area contributed by atoms with Crippen LogP contribution in [0.3, 0.4) is 0 Å². The van der Waals surface area contributed by atoms with E-state index in [4.69, 9.17) is 5.26 Å². The van der Waals surface area contributed by atoms with E-state index in [1.807, 2.05) is 0 Å². The van der Waals surface area contributed by atoms with Crippen molar-refractivity contribution in [1.29, 1.82) is 5.26 Å². The number of fused-ring (bicyclic) bond motifs is 1. The first-order valence-corrected chi connectivity index (χ1v) is 4.33. The zero-order valence-corrected chi connectivity index (χ0v) is 7.17. The number of hydrogen-bond acceptors (Lipinski definition) is 2. The molecule has 2 rings (SSSR count). The minimum absolute atomic E-state index is 0.0422. The number of nitriles is 1. The summed E-state index contributed by atoms with van der Waals surface area (Å²) in [6, 6.07) is 2.30. The van der Waals surface area contributed by atoms with Gasteiger partial charge in [0.05, 0.1) is 6.07 Å². The molecule has 2 aliphatic rings. The molecule has 1 fully saturated rings. The van der Waals surface area contributed by atoms with Crippen molar-refractivity contribution in [3.05, 3.63) is 23.4 Å². The first-order chi connectivity index (χ1) is 5.79. The number of rotatable bonds is 0. The van der Waals surface area contributed by atoms with Gasteiger partial charge in [-0.25, -0.2) is 0 Å². The fraction of sp³-hybridized carbons (Fsp3) is 0.500. The van der Waals surface area contributed by atoms with Gasteiger partial charge in [-0.2, -0.15) is 5.26 Å². The van der Waals surface area contributed by atoms with Gasteiger partial charge < -0.3 is 5.32 Å². The van der Waals surface area contributed by atoms with Crippen LogP contribution in [-0.2, 0) is 0 Å². The summed E-state index contributed by atoms with van der Waals surface area (Å²) in [5.74, 6) is 0.583. The molecule has 12 heavy (non-hydrogen) atoms. The predicted molar refractivity (Wildman–Crippen MR) is 47.1 cm³/mol. The Morgan fingerprint density at radius 3 is 3.17 bits per heavy atom. The van der Waals surface area contributed by atoms with Crippen LogP contribution < -0.4 is 5.32 Å². The molecule has 1 aliphatic carbocycles. The first kappa shape index (κ1) is 7.42. The number of hydrogen-bond donors (Lipinski definition) is 1. The summed E-state index contributed by atoms with van der Waals surface area (Å²) < 4.78 is 0. The molecule has 0 aromatic carbocycles. The van der Waals surface area contributed by atoms with Crippen molar-refractivity contribution in [2.45, 2.75) is 25.8 Å². The highest BCUT2D eigenvalue weighted by Gasteiger charge is 2.29. The largest absolute Gasteiger partial charge is 0.373 e. The van der Waals surface area contributed by atoms with Gasteiger partial charge in [-0.1, -0.05) is 11.6 Å². The molecule has 0 aromatic rings. The van der Waals surface area contributed by atoms with Crippen molar-refractivity contribution in [3.63, 3.8) is 0 Å². The molecule has 0 radical (unpaired) electrons. The van der Waals surface area contributed by atoms with E-state index in [-0.39, 0.29) is 6.04 Å². The topological polar surface area (TPSA) is 35.8 Å². The molecule has 62 valence electrons. The first-order valence-electron chi connectivity index (χ1n) is 4.33. The zero-order valence-electron chi connectivity index (χ0n) is 7.17. The Morgan fingerprint density at radius 2 is 2.42 bits per heavy atom. The van der Waals surface area contributed by atoms with Gasteiger partial charge in [0, 0.05) is 11.6 Å². The molecule has 1 aliphatic heterocycles. The minimum atomic E-state index is 0.0422. The molecular weight excluding hydrogens is 148 g/mol. The van der Waals surface area contributed by atoms with Crippen LogP contribution in [0, 0.1) is 17.2 Å². The van der Waals surface area contributed by atoms with E-state index in [0.29, 0.717) is 5.92 Å². The highest BCUT2D eigenvalue weighted by atomic mass is 15.0. The third-order valence-corrected chi connectivity index (χ3v) is 2.57. The summed E-state index contributed by atoms with van der Waals surface area (Å²) in [4.78, 5) is 0. The average Bonchev–Trinajstić information content (AvgIpc) is 2.46. The molecule has 0 amide bonds. The Morgan fingerprint density at radius 1 is 1.58 bits per heavy atom. The van der Waals surface area contributed by atoms with Crippen LogP contribution in [-0.4, -0.2) is 6.04 Å². The molecular formula is C10H12N2. The van der Waals surface area contributed by atoms with Crippen molar-refractivity contribution in [2.75, 3.05) is 0 Å². The van der Waals surface area contributed by atoms with Crippen LogP contribution in [0.5, 0.6) is 0 Å². The third kappa shape index (κ3) is 1.12. The summed E-state index contributed by atoms with van der Waals surface area (Å²) >= 11 is 0. The molecule has 2 heteroatoms.